The maximum atomic E-state index is 13.9. The van der Waals surface area contributed by atoms with Crippen LogP contribution in [0.2, 0.25) is 0 Å². The number of ether oxygens (including phenoxy) is 3. The third-order valence-corrected chi connectivity index (χ3v) is 6.84. The number of hydrogen-bond donors (Lipinski definition) is 1. The second-order valence-corrected chi connectivity index (χ2v) is 11.5. The highest BCUT2D eigenvalue weighted by Gasteiger charge is 2.42. The van der Waals surface area contributed by atoms with Crippen molar-refractivity contribution in [2.45, 2.75) is 64.4 Å². The first-order chi connectivity index (χ1) is 16.9. The fourth-order valence-electron chi connectivity index (χ4n) is 4.91. The van der Waals surface area contributed by atoms with E-state index in [1.165, 1.54) is 0 Å². The molecule has 0 spiro atoms. The molecule has 0 unspecified atom stereocenters. The standard InChI is InChI=1S/C31H36O5/c1-30(2,3)21-15-19(16-22(28(21)33)31(4,5)6)26-20-11-9-10-12-23(20)36-29(26)27(32)18-13-14-24(34-7)25(17-18)35-8/h9-17,26,29,33H,1-8H3/t26-,29-/m0/s1. The Kier molecular flexibility index (Phi) is 6.54. The minimum atomic E-state index is -0.759. The van der Waals surface area contributed by atoms with Crippen LogP contribution >= 0.6 is 0 Å². The molecule has 0 bridgehead atoms. The highest BCUT2D eigenvalue weighted by molar-refractivity contribution is 6.01. The number of fused-ring (bicyclic) bond motifs is 1. The van der Waals surface area contributed by atoms with E-state index in [-0.39, 0.29) is 22.5 Å². The quantitative estimate of drug-likeness (QED) is 0.401. The van der Waals surface area contributed by atoms with Crippen LogP contribution in [-0.4, -0.2) is 31.2 Å². The Morgan fingerprint density at radius 1 is 0.833 bits per heavy atom. The van der Waals surface area contributed by atoms with E-state index in [0.717, 1.165) is 22.3 Å². The molecule has 190 valence electrons. The monoisotopic (exact) mass is 488 g/mol. The number of ketones is 1. The van der Waals surface area contributed by atoms with E-state index in [4.69, 9.17) is 14.2 Å². The molecule has 0 saturated carbocycles. The summed E-state index contributed by atoms with van der Waals surface area (Å²) in [5.41, 5.74) is 3.52. The SMILES string of the molecule is COc1ccc(C(=O)[C@H]2Oc3ccccc3[C@@H]2c2cc(C(C)(C)C)c(O)c(C(C)(C)C)c2)cc1OC. The lowest BCUT2D eigenvalue weighted by atomic mass is 9.75. The molecule has 3 aromatic carbocycles. The Morgan fingerprint density at radius 2 is 1.42 bits per heavy atom. The van der Waals surface area contributed by atoms with E-state index < -0.39 is 6.10 Å². The first kappa shape index (κ1) is 25.6. The maximum Gasteiger partial charge on any atom is 0.204 e. The van der Waals surface area contributed by atoms with Gasteiger partial charge in [-0.2, -0.15) is 0 Å². The van der Waals surface area contributed by atoms with Gasteiger partial charge >= 0.3 is 0 Å². The van der Waals surface area contributed by atoms with Gasteiger partial charge < -0.3 is 19.3 Å². The van der Waals surface area contributed by atoms with Gasteiger partial charge in [0.2, 0.25) is 5.78 Å². The number of Topliss-reactive ketones (excluding diaryl/α,β-unsaturated/α-hetero) is 1. The topological polar surface area (TPSA) is 65.0 Å². The summed E-state index contributed by atoms with van der Waals surface area (Å²) in [4.78, 5) is 13.9. The third-order valence-electron chi connectivity index (χ3n) is 6.84. The van der Waals surface area contributed by atoms with Gasteiger partial charge in [0.15, 0.2) is 17.6 Å². The normalized spacial score (nSPS) is 17.3. The van der Waals surface area contributed by atoms with Crippen LogP contribution in [0.1, 0.15) is 80.1 Å². The van der Waals surface area contributed by atoms with E-state index in [1.807, 2.05) is 36.4 Å². The van der Waals surface area contributed by atoms with Gasteiger partial charge in [0, 0.05) is 11.1 Å². The number of carbonyl (C=O) groups excluding carboxylic acids is 1. The number of para-hydroxylation sites is 1. The van der Waals surface area contributed by atoms with Crippen LogP contribution in [0.15, 0.2) is 54.6 Å². The van der Waals surface area contributed by atoms with Crippen molar-refractivity contribution in [2.24, 2.45) is 0 Å². The Labute approximate surface area is 214 Å². The van der Waals surface area contributed by atoms with Gasteiger partial charge in [-0.15, -0.1) is 0 Å². The lowest BCUT2D eigenvalue weighted by Crippen LogP contribution is -2.30. The second kappa shape index (κ2) is 9.20. The Balaban J connectivity index is 1.90. The Morgan fingerprint density at radius 3 is 1.97 bits per heavy atom. The zero-order chi connectivity index (χ0) is 26.4. The van der Waals surface area contributed by atoms with Crippen molar-refractivity contribution in [3.63, 3.8) is 0 Å². The summed E-state index contributed by atoms with van der Waals surface area (Å²) in [7, 11) is 3.12. The van der Waals surface area contributed by atoms with Crippen molar-refractivity contribution in [3.8, 4) is 23.0 Å². The van der Waals surface area contributed by atoms with Gasteiger partial charge in [-0.05, 0) is 51.8 Å². The summed E-state index contributed by atoms with van der Waals surface area (Å²) >= 11 is 0. The van der Waals surface area contributed by atoms with Crippen LogP contribution in [0.5, 0.6) is 23.0 Å². The molecule has 1 N–H and O–H groups in total. The van der Waals surface area contributed by atoms with Crippen LogP contribution in [0.3, 0.4) is 0 Å². The number of aromatic hydroxyl groups is 1. The number of phenolic OH excluding ortho intramolecular Hbond substituents is 1. The molecule has 0 radical (unpaired) electrons. The predicted octanol–water partition coefficient (Wildman–Crippen LogP) is 6.78. The van der Waals surface area contributed by atoms with Crippen molar-refractivity contribution in [1.29, 1.82) is 0 Å². The van der Waals surface area contributed by atoms with Gasteiger partial charge in [0.1, 0.15) is 11.5 Å². The molecule has 0 aliphatic carbocycles. The third kappa shape index (κ3) is 4.55. The van der Waals surface area contributed by atoms with Crippen LogP contribution in [-0.2, 0) is 10.8 Å². The maximum absolute atomic E-state index is 13.9. The first-order valence-electron chi connectivity index (χ1n) is 12.3. The van der Waals surface area contributed by atoms with Crippen molar-refractivity contribution in [2.75, 3.05) is 14.2 Å². The predicted molar refractivity (Wildman–Crippen MR) is 142 cm³/mol. The molecule has 4 rings (SSSR count). The zero-order valence-electron chi connectivity index (χ0n) is 22.4. The van der Waals surface area contributed by atoms with Crippen LogP contribution < -0.4 is 14.2 Å². The highest BCUT2D eigenvalue weighted by Crippen LogP contribution is 2.47. The van der Waals surface area contributed by atoms with Crippen LogP contribution in [0.4, 0.5) is 0 Å². The van der Waals surface area contributed by atoms with Crippen molar-refractivity contribution in [1.82, 2.24) is 0 Å². The van der Waals surface area contributed by atoms with E-state index in [0.29, 0.717) is 28.6 Å². The molecule has 0 aromatic heterocycles. The lowest BCUT2D eigenvalue weighted by molar-refractivity contribution is 0.0806. The smallest absolute Gasteiger partial charge is 0.204 e. The fraction of sp³-hybridized carbons (Fsp3) is 0.387. The lowest BCUT2D eigenvalue weighted by Gasteiger charge is -2.30. The minimum Gasteiger partial charge on any atom is -0.507 e. The van der Waals surface area contributed by atoms with E-state index in [9.17, 15) is 9.90 Å². The van der Waals surface area contributed by atoms with E-state index in [2.05, 4.69) is 41.5 Å². The average molecular weight is 489 g/mol. The van der Waals surface area contributed by atoms with Gasteiger partial charge in [-0.1, -0.05) is 71.9 Å². The minimum absolute atomic E-state index is 0.139. The zero-order valence-corrected chi connectivity index (χ0v) is 22.4. The summed E-state index contributed by atoms with van der Waals surface area (Å²) in [5, 5.41) is 11.3. The average Bonchev–Trinajstić information content (AvgIpc) is 3.21. The largest absolute Gasteiger partial charge is 0.507 e. The Hall–Kier alpha value is -3.47. The summed E-state index contributed by atoms with van der Waals surface area (Å²) in [6, 6.07) is 17.0. The molecule has 1 heterocycles. The second-order valence-electron chi connectivity index (χ2n) is 11.5. The van der Waals surface area contributed by atoms with Crippen molar-refractivity contribution in [3.05, 3.63) is 82.4 Å². The number of benzene rings is 3. The first-order valence-corrected chi connectivity index (χ1v) is 12.3. The van der Waals surface area contributed by atoms with Crippen LogP contribution in [0, 0.1) is 0 Å². The highest BCUT2D eigenvalue weighted by atomic mass is 16.5. The Bertz CT molecular complexity index is 1260. The molecule has 3 aromatic rings. The molecule has 1 aliphatic rings. The molecule has 5 nitrogen and oxygen atoms in total. The summed E-state index contributed by atoms with van der Waals surface area (Å²) < 4.78 is 17.1. The summed E-state index contributed by atoms with van der Waals surface area (Å²) in [6.45, 7) is 12.5. The van der Waals surface area contributed by atoms with E-state index in [1.54, 1.807) is 32.4 Å². The number of rotatable bonds is 5. The summed E-state index contributed by atoms with van der Waals surface area (Å²) in [5.74, 6) is 1.59. The molecule has 0 amide bonds. The molecule has 0 fully saturated rings. The summed E-state index contributed by atoms with van der Waals surface area (Å²) in [6.07, 6.45) is -0.759. The molecule has 1 aliphatic heterocycles. The van der Waals surface area contributed by atoms with Crippen molar-refractivity contribution >= 4 is 5.78 Å². The number of methoxy groups -OCH3 is 2. The van der Waals surface area contributed by atoms with Crippen LogP contribution in [0.25, 0.3) is 0 Å². The molecular weight excluding hydrogens is 452 g/mol. The van der Waals surface area contributed by atoms with Gasteiger partial charge in [-0.3, -0.25) is 4.79 Å². The number of carbonyl (C=O) groups is 1. The number of hydrogen-bond acceptors (Lipinski definition) is 5. The molecule has 5 heteroatoms. The van der Waals surface area contributed by atoms with Gasteiger partial charge in [-0.25, -0.2) is 0 Å². The van der Waals surface area contributed by atoms with E-state index >= 15 is 0 Å². The van der Waals surface area contributed by atoms with Crippen molar-refractivity contribution < 1.29 is 24.1 Å². The molecular formula is C31H36O5. The van der Waals surface area contributed by atoms with Gasteiger partial charge in [0.25, 0.3) is 0 Å². The fourth-order valence-corrected chi connectivity index (χ4v) is 4.91. The molecule has 36 heavy (non-hydrogen) atoms. The molecule has 0 saturated heterocycles. The molecule has 2 atom stereocenters. The van der Waals surface area contributed by atoms with Gasteiger partial charge in [0.05, 0.1) is 20.1 Å². The number of phenols is 1.